The summed E-state index contributed by atoms with van der Waals surface area (Å²) >= 11 is 0. The number of likely N-dealkylation sites (tertiary alicyclic amines) is 1. The highest BCUT2D eigenvalue weighted by Gasteiger charge is 2.39. The molecule has 1 amide bonds. The Hall–Kier alpha value is -0.620. The molecule has 98 valence electrons. The molecule has 0 aromatic heterocycles. The molecule has 2 aliphatic rings. The van der Waals surface area contributed by atoms with Crippen LogP contribution in [0.2, 0.25) is 0 Å². The number of sulfone groups is 1. The van der Waals surface area contributed by atoms with Crippen molar-refractivity contribution in [2.45, 2.75) is 31.1 Å². The minimum absolute atomic E-state index is 0.247. The number of piperidine rings is 1. The standard InChI is InChI=1S/C11H20N2O3S/c1-8(17(2,15)16)11(14)13-6-9-4-3-5-12-10(9)7-13/h8-10,12H,3-7H2,1-2H3/t8?,9-,10+/m0/s1. The van der Waals surface area contributed by atoms with Crippen LogP contribution in [0.1, 0.15) is 19.8 Å². The van der Waals surface area contributed by atoms with Crippen molar-refractivity contribution >= 4 is 15.7 Å². The molecule has 6 heteroatoms. The molecule has 0 radical (unpaired) electrons. The first-order valence-electron chi connectivity index (χ1n) is 6.10. The number of carbonyl (C=O) groups is 1. The van der Waals surface area contributed by atoms with Gasteiger partial charge in [-0.2, -0.15) is 0 Å². The van der Waals surface area contributed by atoms with Crippen molar-refractivity contribution in [3.05, 3.63) is 0 Å². The maximum atomic E-state index is 12.1. The molecule has 2 saturated heterocycles. The van der Waals surface area contributed by atoms with Crippen molar-refractivity contribution in [2.75, 3.05) is 25.9 Å². The van der Waals surface area contributed by atoms with Crippen molar-refractivity contribution in [1.29, 1.82) is 0 Å². The molecule has 0 aliphatic carbocycles. The third-order valence-electron chi connectivity index (χ3n) is 3.90. The quantitative estimate of drug-likeness (QED) is 0.735. The first-order chi connectivity index (χ1) is 7.89. The van der Waals surface area contributed by atoms with Gasteiger partial charge in [0, 0.05) is 25.4 Å². The van der Waals surface area contributed by atoms with E-state index in [1.807, 2.05) is 0 Å². The highest BCUT2D eigenvalue weighted by Crippen LogP contribution is 2.25. The lowest BCUT2D eigenvalue weighted by atomic mass is 9.94. The van der Waals surface area contributed by atoms with Gasteiger partial charge in [-0.3, -0.25) is 4.79 Å². The van der Waals surface area contributed by atoms with Crippen LogP contribution in [0, 0.1) is 5.92 Å². The van der Waals surface area contributed by atoms with Crippen LogP contribution in [0.15, 0.2) is 0 Å². The van der Waals surface area contributed by atoms with Gasteiger partial charge in [-0.1, -0.05) is 0 Å². The zero-order valence-corrected chi connectivity index (χ0v) is 11.2. The molecular weight excluding hydrogens is 240 g/mol. The Bertz CT molecular complexity index is 393. The minimum atomic E-state index is -3.28. The lowest BCUT2D eigenvalue weighted by Gasteiger charge is -2.24. The van der Waals surface area contributed by atoms with Gasteiger partial charge >= 0.3 is 0 Å². The molecule has 0 saturated carbocycles. The fraction of sp³-hybridized carbons (Fsp3) is 0.909. The average Bonchev–Trinajstić information content (AvgIpc) is 2.69. The van der Waals surface area contributed by atoms with E-state index >= 15 is 0 Å². The molecule has 2 aliphatic heterocycles. The molecule has 2 rings (SSSR count). The van der Waals surface area contributed by atoms with Crippen molar-refractivity contribution in [1.82, 2.24) is 10.2 Å². The highest BCUT2D eigenvalue weighted by atomic mass is 32.2. The SMILES string of the molecule is CC(C(=O)N1C[C@@H]2CCCN[C@@H]2C1)S(C)(=O)=O. The van der Waals surface area contributed by atoms with Crippen LogP contribution in [0.25, 0.3) is 0 Å². The largest absolute Gasteiger partial charge is 0.340 e. The fourth-order valence-electron chi connectivity index (χ4n) is 2.67. The van der Waals surface area contributed by atoms with Gasteiger partial charge in [0.2, 0.25) is 5.91 Å². The number of hydrogen-bond donors (Lipinski definition) is 1. The Morgan fingerprint density at radius 1 is 1.41 bits per heavy atom. The van der Waals surface area contributed by atoms with Crippen molar-refractivity contribution in [3.8, 4) is 0 Å². The van der Waals surface area contributed by atoms with E-state index < -0.39 is 15.1 Å². The molecule has 0 aromatic rings. The van der Waals surface area contributed by atoms with Crippen LogP contribution in [0.4, 0.5) is 0 Å². The topological polar surface area (TPSA) is 66.5 Å². The van der Waals surface area contributed by atoms with Crippen molar-refractivity contribution in [3.63, 3.8) is 0 Å². The molecule has 2 heterocycles. The summed E-state index contributed by atoms with van der Waals surface area (Å²) in [5, 5.41) is 2.49. The van der Waals surface area contributed by atoms with E-state index in [9.17, 15) is 13.2 Å². The lowest BCUT2D eigenvalue weighted by molar-refractivity contribution is -0.129. The van der Waals surface area contributed by atoms with Gasteiger partial charge < -0.3 is 10.2 Å². The number of amides is 1. The third-order valence-corrected chi connectivity index (χ3v) is 5.39. The zero-order chi connectivity index (χ0) is 12.6. The smallest absolute Gasteiger partial charge is 0.240 e. The summed E-state index contributed by atoms with van der Waals surface area (Å²) in [5.41, 5.74) is 0. The maximum absolute atomic E-state index is 12.1. The Balaban J connectivity index is 2.03. The van der Waals surface area contributed by atoms with Crippen LogP contribution < -0.4 is 5.32 Å². The van der Waals surface area contributed by atoms with E-state index in [2.05, 4.69) is 5.32 Å². The summed E-state index contributed by atoms with van der Waals surface area (Å²) in [6.07, 6.45) is 3.40. The summed E-state index contributed by atoms with van der Waals surface area (Å²) in [7, 11) is -3.28. The summed E-state index contributed by atoms with van der Waals surface area (Å²) in [5.74, 6) is 0.253. The first-order valence-corrected chi connectivity index (χ1v) is 8.06. The van der Waals surface area contributed by atoms with E-state index in [1.54, 1.807) is 4.90 Å². The van der Waals surface area contributed by atoms with E-state index in [-0.39, 0.29) is 5.91 Å². The molecule has 2 fully saturated rings. The first kappa shape index (κ1) is 12.8. The average molecular weight is 260 g/mol. The molecule has 3 atom stereocenters. The van der Waals surface area contributed by atoms with Crippen LogP contribution >= 0.6 is 0 Å². The summed E-state index contributed by atoms with van der Waals surface area (Å²) in [6.45, 7) is 3.84. The number of nitrogens with one attached hydrogen (secondary N) is 1. The Morgan fingerprint density at radius 2 is 2.12 bits per heavy atom. The van der Waals surface area contributed by atoms with Crippen LogP contribution in [-0.2, 0) is 14.6 Å². The van der Waals surface area contributed by atoms with Gasteiger partial charge in [-0.05, 0) is 32.2 Å². The highest BCUT2D eigenvalue weighted by molar-refractivity contribution is 7.92. The molecule has 0 spiro atoms. The van der Waals surface area contributed by atoms with Crippen LogP contribution in [0.3, 0.4) is 0 Å². The second-order valence-corrected chi connectivity index (χ2v) is 7.54. The Kier molecular flexibility index (Phi) is 3.45. The molecule has 0 bridgehead atoms. The van der Waals surface area contributed by atoms with E-state index in [0.29, 0.717) is 25.0 Å². The van der Waals surface area contributed by atoms with E-state index in [0.717, 1.165) is 25.6 Å². The second-order valence-electron chi connectivity index (χ2n) is 5.18. The monoisotopic (exact) mass is 260 g/mol. The fourth-order valence-corrected chi connectivity index (χ4v) is 3.18. The number of rotatable bonds is 2. The van der Waals surface area contributed by atoms with Gasteiger partial charge in [0.15, 0.2) is 9.84 Å². The zero-order valence-electron chi connectivity index (χ0n) is 10.3. The second kappa shape index (κ2) is 4.57. The van der Waals surface area contributed by atoms with E-state index in [1.165, 1.54) is 6.92 Å². The molecule has 5 nitrogen and oxygen atoms in total. The summed E-state index contributed by atoms with van der Waals surface area (Å²) in [4.78, 5) is 13.8. The normalized spacial score (nSPS) is 31.1. The summed E-state index contributed by atoms with van der Waals surface area (Å²) in [6, 6.07) is 0.361. The lowest BCUT2D eigenvalue weighted by Crippen LogP contribution is -2.43. The van der Waals surface area contributed by atoms with Gasteiger partial charge in [0.05, 0.1) is 0 Å². The van der Waals surface area contributed by atoms with Gasteiger partial charge in [0.25, 0.3) is 0 Å². The molecular formula is C11H20N2O3S. The number of carbonyl (C=O) groups excluding carboxylic acids is 1. The predicted molar refractivity (Wildman–Crippen MR) is 65.4 cm³/mol. The maximum Gasteiger partial charge on any atom is 0.240 e. The number of fused-ring (bicyclic) bond motifs is 1. The molecule has 1 unspecified atom stereocenters. The molecule has 0 aromatic carbocycles. The predicted octanol–water partition coefficient (Wildman–Crippen LogP) is -0.370. The summed E-state index contributed by atoms with van der Waals surface area (Å²) < 4.78 is 22.8. The van der Waals surface area contributed by atoms with Gasteiger partial charge in [0.1, 0.15) is 5.25 Å². The van der Waals surface area contributed by atoms with Crippen molar-refractivity contribution in [2.24, 2.45) is 5.92 Å². The minimum Gasteiger partial charge on any atom is -0.340 e. The third kappa shape index (κ3) is 2.63. The van der Waals surface area contributed by atoms with Gasteiger partial charge in [-0.15, -0.1) is 0 Å². The van der Waals surface area contributed by atoms with E-state index in [4.69, 9.17) is 0 Å². The number of nitrogens with zero attached hydrogens (tertiary/aromatic N) is 1. The number of hydrogen-bond acceptors (Lipinski definition) is 4. The van der Waals surface area contributed by atoms with Crippen molar-refractivity contribution < 1.29 is 13.2 Å². The Morgan fingerprint density at radius 3 is 2.71 bits per heavy atom. The van der Waals surface area contributed by atoms with Crippen LogP contribution in [-0.4, -0.2) is 56.4 Å². The van der Waals surface area contributed by atoms with Crippen LogP contribution in [0.5, 0.6) is 0 Å². The molecule has 1 N–H and O–H groups in total. The van der Waals surface area contributed by atoms with Gasteiger partial charge in [-0.25, -0.2) is 8.42 Å². The molecule has 17 heavy (non-hydrogen) atoms. The Labute approximate surface area is 102 Å².